The van der Waals surface area contributed by atoms with E-state index in [1.807, 2.05) is 6.92 Å². The second kappa shape index (κ2) is 3.68. The molecule has 3 aliphatic carbocycles. The average Bonchev–Trinajstić information content (AvgIpc) is 2.61. The SMILES string of the molecule is CC1=C2CCC3(C)C(CC[C@H]3O)C2CCC1=O. The van der Waals surface area contributed by atoms with Crippen molar-refractivity contribution in [1.29, 1.82) is 0 Å². The van der Waals surface area contributed by atoms with Crippen LogP contribution in [-0.2, 0) is 4.79 Å². The van der Waals surface area contributed by atoms with Crippen LogP contribution in [0.4, 0.5) is 0 Å². The summed E-state index contributed by atoms with van der Waals surface area (Å²) in [5.74, 6) is 1.56. The molecule has 0 aromatic carbocycles. The molecule has 0 saturated heterocycles. The van der Waals surface area contributed by atoms with Crippen molar-refractivity contribution in [1.82, 2.24) is 0 Å². The highest BCUT2D eigenvalue weighted by molar-refractivity contribution is 5.96. The largest absolute Gasteiger partial charge is 0.393 e. The van der Waals surface area contributed by atoms with E-state index in [1.54, 1.807) is 0 Å². The monoisotopic (exact) mass is 234 g/mol. The third-order valence-electron chi connectivity index (χ3n) is 5.81. The highest BCUT2D eigenvalue weighted by Gasteiger charge is 2.52. The zero-order valence-electron chi connectivity index (χ0n) is 10.8. The summed E-state index contributed by atoms with van der Waals surface area (Å²) in [7, 11) is 0. The minimum absolute atomic E-state index is 0.119. The number of fused-ring (bicyclic) bond motifs is 3. The van der Waals surface area contributed by atoms with Gasteiger partial charge >= 0.3 is 0 Å². The molecule has 1 N–H and O–H groups in total. The third kappa shape index (κ3) is 1.46. The first-order chi connectivity index (χ1) is 8.04. The zero-order chi connectivity index (χ0) is 12.2. The summed E-state index contributed by atoms with van der Waals surface area (Å²) in [6, 6.07) is 0. The van der Waals surface area contributed by atoms with Crippen molar-refractivity contribution in [3.8, 4) is 0 Å². The number of ketones is 1. The minimum Gasteiger partial charge on any atom is -0.393 e. The Morgan fingerprint density at radius 2 is 2.00 bits per heavy atom. The van der Waals surface area contributed by atoms with Crippen LogP contribution in [0, 0.1) is 17.3 Å². The van der Waals surface area contributed by atoms with Crippen molar-refractivity contribution < 1.29 is 9.90 Å². The molecule has 2 saturated carbocycles. The van der Waals surface area contributed by atoms with Crippen LogP contribution in [0.2, 0.25) is 0 Å². The van der Waals surface area contributed by atoms with Gasteiger partial charge in [-0.25, -0.2) is 0 Å². The van der Waals surface area contributed by atoms with E-state index in [0.717, 1.165) is 44.1 Å². The molecule has 0 amide bonds. The Kier molecular flexibility index (Phi) is 2.48. The van der Waals surface area contributed by atoms with E-state index in [1.165, 1.54) is 5.57 Å². The summed E-state index contributed by atoms with van der Waals surface area (Å²) >= 11 is 0. The summed E-state index contributed by atoms with van der Waals surface area (Å²) < 4.78 is 0. The van der Waals surface area contributed by atoms with Gasteiger partial charge in [0.1, 0.15) is 0 Å². The van der Waals surface area contributed by atoms with Crippen LogP contribution in [-0.4, -0.2) is 17.0 Å². The third-order valence-corrected chi connectivity index (χ3v) is 5.81. The van der Waals surface area contributed by atoms with Crippen molar-refractivity contribution in [2.24, 2.45) is 17.3 Å². The predicted octanol–water partition coefficient (Wildman–Crippen LogP) is 2.85. The summed E-state index contributed by atoms with van der Waals surface area (Å²) in [6.45, 7) is 4.27. The number of hydrogen-bond donors (Lipinski definition) is 1. The molecule has 3 unspecified atom stereocenters. The van der Waals surface area contributed by atoms with Crippen LogP contribution >= 0.6 is 0 Å². The van der Waals surface area contributed by atoms with Gasteiger partial charge in [0.25, 0.3) is 0 Å². The van der Waals surface area contributed by atoms with Crippen molar-refractivity contribution in [2.45, 2.75) is 58.5 Å². The molecule has 0 aliphatic heterocycles. The molecule has 17 heavy (non-hydrogen) atoms. The first kappa shape index (κ1) is 11.5. The lowest BCUT2D eigenvalue weighted by Gasteiger charge is -2.46. The molecule has 2 fully saturated rings. The van der Waals surface area contributed by atoms with Gasteiger partial charge in [-0.3, -0.25) is 4.79 Å². The number of aliphatic hydroxyl groups is 1. The van der Waals surface area contributed by atoms with Gasteiger partial charge in [-0.15, -0.1) is 0 Å². The molecule has 4 atom stereocenters. The van der Waals surface area contributed by atoms with E-state index in [2.05, 4.69) is 6.92 Å². The molecule has 0 aromatic rings. The van der Waals surface area contributed by atoms with Crippen LogP contribution in [0.3, 0.4) is 0 Å². The number of carbonyl (C=O) groups is 1. The number of allylic oxidation sites excluding steroid dienone is 2. The van der Waals surface area contributed by atoms with Crippen LogP contribution in [0.15, 0.2) is 11.1 Å². The highest BCUT2D eigenvalue weighted by Crippen LogP contribution is 2.58. The fraction of sp³-hybridized carbons (Fsp3) is 0.800. The van der Waals surface area contributed by atoms with Crippen LogP contribution in [0.5, 0.6) is 0 Å². The lowest BCUT2D eigenvalue weighted by molar-refractivity contribution is -0.117. The number of carbonyl (C=O) groups excluding carboxylic acids is 1. The predicted molar refractivity (Wildman–Crippen MR) is 66.5 cm³/mol. The van der Waals surface area contributed by atoms with Gasteiger partial charge in [-0.1, -0.05) is 12.5 Å². The summed E-state index contributed by atoms with van der Waals surface area (Å²) in [5.41, 5.74) is 2.59. The van der Waals surface area contributed by atoms with Gasteiger partial charge in [0, 0.05) is 6.42 Å². The molecule has 0 aromatic heterocycles. The Hall–Kier alpha value is -0.630. The van der Waals surface area contributed by atoms with E-state index in [0.29, 0.717) is 17.6 Å². The lowest BCUT2D eigenvalue weighted by atomic mass is 9.58. The summed E-state index contributed by atoms with van der Waals surface area (Å²) in [5, 5.41) is 10.2. The fourth-order valence-electron chi connectivity index (χ4n) is 4.58. The van der Waals surface area contributed by atoms with Gasteiger partial charge in [-0.2, -0.15) is 0 Å². The Labute approximate surface area is 103 Å². The molecule has 2 heteroatoms. The quantitative estimate of drug-likeness (QED) is 0.699. The van der Waals surface area contributed by atoms with E-state index < -0.39 is 0 Å². The van der Waals surface area contributed by atoms with E-state index >= 15 is 0 Å². The molecule has 0 radical (unpaired) electrons. The molecule has 3 aliphatic rings. The van der Waals surface area contributed by atoms with Crippen molar-refractivity contribution >= 4 is 5.78 Å². The molecule has 2 nitrogen and oxygen atoms in total. The van der Waals surface area contributed by atoms with Gasteiger partial charge in [0.15, 0.2) is 5.78 Å². The minimum atomic E-state index is -0.119. The number of hydrogen-bond acceptors (Lipinski definition) is 2. The Bertz CT molecular complexity index is 396. The number of Topliss-reactive ketones (excluding diaryl/α,β-unsaturated/α-hetero) is 1. The Balaban J connectivity index is 1.99. The standard InChI is InChI=1S/C15H22O2/c1-9-10-7-8-15(2)12(4-6-14(15)17)11(10)3-5-13(9)16/h11-12,14,17H,3-8H2,1-2H3/t11?,12?,14-,15?/m1/s1. The molecule has 0 bridgehead atoms. The zero-order valence-corrected chi connectivity index (χ0v) is 10.8. The molecule has 0 heterocycles. The molecule has 94 valence electrons. The summed E-state index contributed by atoms with van der Waals surface area (Å²) in [6.07, 6.45) is 5.83. The second-order valence-corrected chi connectivity index (χ2v) is 6.42. The smallest absolute Gasteiger partial charge is 0.158 e. The van der Waals surface area contributed by atoms with Gasteiger partial charge in [0.05, 0.1) is 6.10 Å². The van der Waals surface area contributed by atoms with Crippen LogP contribution in [0.25, 0.3) is 0 Å². The van der Waals surface area contributed by atoms with E-state index in [-0.39, 0.29) is 11.5 Å². The maximum atomic E-state index is 11.8. The fourth-order valence-corrected chi connectivity index (χ4v) is 4.58. The van der Waals surface area contributed by atoms with Crippen molar-refractivity contribution in [2.75, 3.05) is 0 Å². The first-order valence-corrected chi connectivity index (χ1v) is 6.95. The molecular weight excluding hydrogens is 212 g/mol. The van der Waals surface area contributed by atoms with E-state index in [9.17, 15) is 9.90 Å². The highest BCUT2D eigenvalue weighted by atomic mass is 16.3. The molecule has 3 rings (SSSR count). The Morgan fingerprint density at radius 3 is 2.76 bits per heavy atom. The van der Waals surface area contributed by atoms with Crippen molar-refractivity contribution in [3.63, 3.8) is 0 Å². The number of rotatable bonds is 0. The van der Waals surface area contributed by atoms with Gasteiger partial charge in [0.2, 0.25) is 0 Å². The van der Waals surface area contributed by atoms with E-state index in [4.69, 9.17) is 0 Å². The van der Waals surface area contributed by atoms with Crippen LogP contribution in [0.1, 0.15) is 52.4 Å². The average molecular weight is 234 g/mol. The first-order valence-electron chi connectivity index (χ1n) is 6.95. The maximum absolute atomic E-state index is 11.8. The lowest BCUT2D eigenvalue weighted by Crippen LogP contribution is -2.42. The van der Waals surface area contributed by atoms with Gasteiger partial charge < -0.3 is 5.11 Å². The van der Waals surface area contributed by atoms with Gasteiger partial charge in [-0.05, 0) is 61.9 Å². The maximum Gasteiger partial charge on any atom is 0.158 e. The molecule has 0 spiro atoms. The second-order valence-electron chi connectivity index (χ2n) is 6.42. The van der Waals surface area contributed by atoms with Crippen LogP contribution < -0.4 is 0 Å². The summed E-state index contributed by atoms with van der Waals surface area (Å²) in [4.78, 5) is 11.8. The topological polar surface area (TPSA) is 37.3 Å². The Morgan fingerprint density at radius 1 is 1.24 bits per heavy atom. The molecular formula is C15H22O2. The normalized spacial score (nSPS) is 45.8. The number of aliphatic hydroxyl groups excluding tert-OH is 1. The van der Waals surface area contributed by atoms with Crippen molar-refractivity contribution in [3.05, 3.63) is 11.1 Å².